The predicted molar refractivity (Wildman–Crippen MR) is 152 cm³/mol. The van der Waals surface area contributed by atoms with Crippen molar-refractivity contribution in [1.82, 2.24) is 31.9 Å². The van der Waals surface area contributed by atoms with Crippen molar-refractivity contribution < 1.29 is 0 Å². The molecule has 0 aliphatic heterocycles. The van der Waals surface area contributed by atoms with Crippen LogP contribution in [0.2, 0.25) is 0 Å². The van der Waals surface area contributed by atoms with Crippen LogP contribution in [0.1, 0.15) is 77.5 Å². The van der Waals surface area contributed by atoms with Crippen LogP contribution in [-0.4, -0.2) is 57.4 Å². The molecule has 0 unspecified atom stereocenters. The highest BCUT2D eigenvalue weighted by atomic mass is 35.5. The van der Waals surface area contributed by atoms with Crippen molar-refractivity contribution in [3.63, 3.8) is 0 Å². The lowest BCUT2D eigenvalue weighted by molar-refractivity contribution is 0.544. The summed E-state index contributed by atoms with van der Waals surface area (Å²) < 4.78 is 0. The number of rotatable bonds is 21. The van der Waals surface area contributed by atoms with Crippen molar-refractivity contribution in [2.75, 3.05) is 39.3 Å². The highest BCUT2D eigenvalue weighted by molar-refractivity contribution is 5.85. The van der Waals surface area contributed by atoms with E-state index in [0.717, 1.165) is 78.2 Å². The van der Waals surface area contributed by atoms with Crippen molar-refractivity contribution in [2.24, 2.45) is 0 Å². The molecule has 0 aliphatic carbocycles. The van der Waals surface area contributed by atoms with Crippen LogP contribution in [-0.2, 0) is 19.6 Å². The first-order chi connectivity index (χ1) is 15.9. The van der Waals surface area contributed by atoms with Gasteiger partial charge in [-0.2, -0.15) is 0 Å². The largest absolute Gasteiger partial charge is 0.314 e. The molecule has 7 heteroatoms. The van der Waals surface area contributed by atoms with Gasteiger partial charge >= 0.3 is 0 Å². The van der Waals surface area contributed by atoms with Gasteiger partial charge in [0.15, 0.2) is 0 Å². The van der Waals surface area contributed by atoms with E-state index >= 15 is 0 Å². The lowest BCUT2D eigenvalue weighted by Crippen LogP contribution is -2.27. The van der Waals surface area contributed by atoms with Crippen LogP contribution in [0.4, 0.5) is 0 Å². The summed E-state index contributed by atoms with van der Waals surface area (Å²) >= 11 is 0. The molecule has 0 amide bonds. The van der Waals surface area contributed by atoms with E-state index < -0.39 is 0 Å². The molecule has 0 heterocycles. The van der Waals surface area contributed by atoms with Gasteiger partial charge in [-0.1, -0.05) is 59.7 Å². The van der Waals surface area contributed by atoms with Crippen molar-refractivity contribution >= 4 is 12.4 Å². The zero-order valence-corrected chi connectivity index (χ0v) is 23.7. The molecular formula is C27H55ClN6. The van der Waals surface area contributed by atoms with E-state index in [2.05, 4.69) is 91.6 Å². The summed E-state index contributed by atoms with van der Waals surface area (Å²) in [6.45, 7) is 22.3. The molecular weight excluding hydrogens is 444 g/mol. The Morgan fingerprint density at radius 3 is 0.971 bits per heavy atom. The average molecular weight is 499 g/mol. The third-order valence-electron chi connectivity index (χ3n) is 5.35. The maximum atomic E-state index is 3.62. The molecule has 0 spiro atoms. The van der Waals surface area contributed by atoms with Gasteiger partial charge in [0.2, 0.25) is 0 Å². The van der Waals surface area contributed by atoms with Gasteiger partial charge in [0.1, 0.15) is 0 Å². The predicted octanol–water partition coefficient (Wildman–Crippen LogP) is 3.54. The van der Waals surface area contributed by atoms with E-state index in [9.17, 15) is 0 Å². The molecule has 1 aromatic rings. The Labute approximate surface area is 217 Å². The molecule has 0 aromatic heterocycles. The summed E-state index contributed by atoms with van der Waals surface area (Å²) in [7, 11) is 0. The fraction of sp³-hybridized carbons (Fsp3) is 0.778. The monoisotopic (exact) mass is 498 g/mol. The molecule has 6 N–H and O–H groups in total. The number of nitrogens with one attached hydrogen (secondary N) is 6. The molecule has 1 rings (SSSR count). The summed E-state index contributed by atoms with van der Waals surface area (Å²) in [6.07, 6.45) is 3.47. The summed E-state index contributed by atoms with van der Waals surface area (Å²) in [5, 5.41) is 21.3. The smallest absolute Gasteiger partial charge is 0.0205 e. The van der Waals surface area contributed by atoms with Gasteiger partial charge in [-0.05, 0) is 75.2 Å². The highest BCUT2D eigenvalue weighted by Crippen LogP contribution is 2.11. The van der Waals surface area contributed by atoms with Crippen LogP contribution in [0.5, 0.6) is 0 Å². The van der Waals surface area contributed by atoms with E-state index in [0.29, 0.717) is 18.1 Å². The normalized spacial score (nSPS) is 11.6. The second kappa shape index (κ2) is 21.5. The maximum absolute atomic E-state index is 3.62. The zero-order valence-electron chi connectivity index (χ0n) is 22.9. The minimum absolute atomic E-state index is 0. The van der Waals surface area contributed by atoms with E-state index in [1.807, 2.05) is 0 Å². The third-order valence-corrected chi connectivity index (χ3v) is 5.35. The second-order valence-electron chi connectivity index (χ2n) is 10.1. The maximum Gasteiger partial charge on any atom is 0.0205 e. The average Bonchev–Trinajstić information content (AvgIpc) is 2.75. The molecule has 200 valence electrons. The van der Waals surface area contributed by atoms with E-state index in [4.69, 9.17) is 0 Å². The lowest BCUT2D eigenvalue weighted by atomic mass is 10.0. The first kappa shape index (κ1) is 33.3. The van der Waals surface area contributed by atoms with Gasteiger partial charge in [-0.15, -0.1) is 12.4 Å². The van der Waals surface area contributed by atoms with Crippen LogP contribution in [0, 0.1) is 0 Å². The summed E-state index contributed by atoms with van der Waals surface area (Å²) in [5.41, 5.74) is 4.14. The Morgan fingerprint density at radius 2 is 0.735 bits per heavy atom. The van der Waals surface area contributed by atoms with Gasteiger partial charge in [0.05, 0.1) is 0 Å². The van der Waals surface area contributed by atoms with Crippen LogP contribution in [0.15, 0.2) is 18.2 Å². The molecule has 34 heavy (non-hydrogen) atoms. The summed E-state index contributed by atoms with van der Waals surface area (Å²) in [4.78, 5) is 0. The van der Waals surface area contributed by atoms with Gasteiger partial charge in [-0.3, -0.25) is 0 Å². The molecule has 0 bridgehead atoms. The quantitative estimate of drug-likeness (QED) is 0.146. The number of benzene rings is 1. The number of halogens is 1. The fourth-order valence-corrected chi connectivity index (χ4v) is 3.66. The molecule has 0 aliphatic rings. The Hall–Kier alpha value is -0.730. The van der Waals surface area contributed by atoms with E-state index in [1.165, 1.54) is 16.7 Å². The number of hydrogen-bond donors (Lipinski definition) is 6. The van der Waals surface area contributed by atoms with Crippen LogP contribution in [0.3, 0.4) is 0 Å². The fourth-order valence-electron chi connectivity index (χ4n) is 3.66. The minimum Gasteiger partial charge on any atom is -0.314 e. The second-order valence-corrected chi connectivity index (χ2v) is 10.1. The Kier molecular flexibility index (Phi) is 21.1. The van der Waals surface area contributed by atoms with E-state index in [-0.39, 0.29) is 12.4 Å². The standard InChI is InChI=1S/C27H54N6.ClH/c1-22(2)31-13-7-10-28-19-25-16-26(20-29-11-8-14-32-23(3)4)18-27(17-25)21-30-12-9-15-33-24(5)6;/h16-18,22-24,28-33H,7-15,19-21H2,1-6H3;1H. The Morgan fingerprint density at radius 1 is 0.471 bits per heavy atom. The molecule has 0 atom stereocenters. The van der Waals surface area contributed by atoms with Gasteiger partial charge in [-0.25, -0.2) is 0 Å². The molecule has 0 radical (unpaired) electrons. The third kappa shape index (κ3) is 19.6. The minimum atomic E-state index is 0. The van der Waals surface area contributed by atoms with E-state index in [1.54, 1.807) is 0 Å². The van der Waals surface area contributed by atoms with Crippen LogP contribution in [0.25, 0.3) is 0 Å². The highest BCUT2D eigenvalue weighted by Gasteiger charge is 2.03. The Balaban J connectivity index is 0.0000109. The molecule has 6 nitrogen and oxygen atoms in total. The van der Waals surface area contributed by atoms with Gasteiger partial charge in [0, 0.05) is 37.8 Å². The summed E-state index contributed by atoms with van der Waals surface area (Å²) in [5.74, 6) is 0. The van der Waals surface area contributed by atoms with Gasteiger partial charge < -0.3 is 31.9 Å². The van der Waals surface area contributed by atoms with Crippen LogP contribution >= 0.6 is 12.4 Å². The van der Waals surface area contributed by atoms with Crippen molar-refractivity contribution in [1.29, 1.82) is 0 Å². The molecule has 0 saturated carbocycles. The first-order valence-electron chi connectivity index (χ1n) is 13.3. The van der Waals surface area contributed by atoms with Crippen LogP contribution < -0.4 is 31.9 Å². The molecule has 0 saturated heterocycles. The Bertz CT molecular complexity index is 501. The molecule has 1 aromatic carbocycles. The van der Waals surface area contributed by atoms with Crippen molar-refractivity contribution in [3.8, 4) is 0 Å². The topological polar surface area (TPSA) is 72.2 Å². The summed E-state index contributed by atoms with van der Waals surface area (Å²) in [6, 6.07) is 8.75. The van der Waals surface area contributed by atoms with Crippen molar-refractivity contribution in [3.05, 3.63) is 34.9 Å². The SMILES string of the molecule is CC(C)NCCCNCc1cc(CNCCCNC(C)C)cc(CNCCCNC(C)C)c1.Cl. The van der Waals surface area contributed by atoms with Crippen molar-refractivity contribution in [2.45, 2.75) is 98.6 Å². The number of hydrogen-bond acceptors (Lipinski definition) is 6. The lowest BCUT2D eigenvalue weighted by Gasteiger charge is -2.14. The molecule has 0 fully saturated rings. The van der Waals surface area contributed by atoms with Gasteiger partial charge in [0.25, 0.3) is 0 Å². The zero-order chi connectivity index (χ0) is 24.3. The first-order valence-corrected chi connectivity index (χ1v) is 13.3.